The molecule has 6 N–H and O–H groups in total. The van der Waals surface area contributed by atoms with Crippen molar-refractivity contribution in [3.05, 3.63) is 18.2 Å². The lowest BCUT2D eigenvalue weighted by atomic mass is 10.1. The lowest BCUT2D eigenvalue weighted by Crippen LogP contribution is -2.25. The molecule has 21 heavy (non-hydrogen) atoms. The predicted molar refractivity (Wildman–Crippen MR) is 70.3 cm³/mol. The first-order valence-corrected chi connectivity index (χ1v) is 6.07. The first kappa shape index (κ1) is 13.7. The van der Waals surface area contributed by atoms with Crippen molar-refractivity contribution in [3.8, 4) is 0 Å². The van der Waals surface area contributed by atoms with Gasteiger partial charge in [0, 0.05) is 5.57 Å². The van der Waals surface area contributed by atoms with Crippen molar-refractivity contribution in [2.45, 2.75) is 18.4 Å². The number of imidazole rings is 1. The van der Waals surface area contributed by atoms with Gasteiger partial charge in [0.15, 0.2) is 23.2 Å². The molecule has 1 aliphatic rings. The van der Waals surface area contributed by atoms with Crippen LogP contribution in [0.15, 0.2) is 18.2 Å². The Hall–Kier alpha value is -2.30. The maximum absolute atomic E-state index is 13.1. The van der Waals surface area contributed by atoms with Gasteiger partial charge in [0.1, 0.15) is 18.5 Å². The van der Waals surface area contributed by atoms with Gasteiger partial charge >= 0.3 is 0 Å². The summed E-state index contributed by atoms with van der Waals surface area (Å²) >= 11 is 0. The Kier molecular flexibility index (Phi) is 3.20. The number of nitrogens with zero attached hydrogens (tertiary/aromatic N) is 4. The van der Waals surface area contributed by atoms with Gasteiger partial charge in [-0.15, -0.1) is 0 Å². The number of nitrogens with two attached hydrogens (primary N) is 2. The topological polar surface area (TPSA) is 145 Å². The molecule has 0 aliphatic carbocycles. The van der Waals surface area contributed by atoms with E-state index < -0.39 is 25.0 Å². The molecule has 0 spiro atoms. The molecule has 3 rings (SSSR count). The van der Waals surface area contributed by atoms with Gasteiger partial charge in [0.05, 0.1) is 12.9 Å². The summed E-state index contributed by atoms with van der Waals surface area (Å²) in [7, 11) is 0. The molecule has 0 bridgehead atoms. The lowest BCUT2D eigenvalue weighted by molar-refractivity contribution is -0.0416. The molecule has 0 unspecified atom stereocenters. The summed E-state index contributed by atoms with van der Waals surface area (Å²) in [4.78, 5) is 11.8. The average Bonchev–Trinajstić information content (AvgIpc) is 2.96. The Morgan fingerprint density at radius 1 is 1.43 bits per heavy atom. The zero-order chi connectivity index (χ0) is 15.1. The molecule has 3 atom stereocenters. The van der Waals surface area contributed by atoms with Crippen molar-refractivity contribution in [1.29, 1.82) is 0 Å². The highest BCUT2D eigenvalue weighted by atomic mass is 19.1. The van der Waals surface area contributed by atoms with Crippen LogP contribution in [-0.2, 0) is 4.74 Å². The van der Waals surface area contributed by atoms with Crippen molar-refractivity contribution in [3.63, 3.8) is 0 Å². The van der Waals surface area contributed by atoms with E-state index in [1.165, 1.54) is 10.9 Å². The minimum atomic E-state index is -1.29. The molecule has 3 heterocycles. The molecule has 0 saturated carbocycles. The van der Waals surface area contributed by atoms with Crippen LogP contribution in [0, 0.1) is 0 Å². The number of hydrogen-bond acceptors (Lipinski definition) is 8. The van der Waals surface area contributed by atoms with E-state index in [2.05, 4.69) is 15.0 Å². The predicted octanol–water partition coefficient (Wildman–Crippen LogP) is -0.905. The number of fused-ring (bicyclic) bond motifs is 1. The molecule has 1 aliphatic heterocycles. The number of aliphatic hydroxyl groups excluding tert-OH is 2. The summed E-state index contributed by atoms with van der Waals surface area (Å²) in [6.45, 7) is -0.474. The number of hydrogen-bond donors (Lipinski definition) is 4. The zero-order valence-electron chi connectivity index (χ0n) is 10.7. The third kappa shape index (κ3) is 1.92. The number of anilines is 2. The molecule has 9 nitrogen and oxygen atoms in total. The van der Waals surface area contributed by atoms with Gasteiger partial charge in [-0.2, -0.15) is 0 Å². The van der Waals surface area contributed by atoms with E-state index >= 15 is 0 Å². The molecule has 0 amide bonds. The number of nitrogen functional groups attached to an aromatic ring is 2. The molecule has 10 heteroatoms. The summed E-state index contributed by atoms with van der Waals surface area (Å²) < 4.78 is 19.8. The van der Waals surface area contributed by atoms with Crippen LogP contribution in [0.2, 0.25) is 0 Å². The molecular formula is C11H13FN6O3. The minimum absolute atomic E-state index is 0.0210. The largest absolute Gasteiger partial charge is 0.394 e. The average molecular weight is 296 g/mol. The SMILES string of the molecule is Nc1ncnc2c1nc(N)n2[C@@H]1O[C@H](CO)[C@@H](O)/C1=C/F. The highest BCUT2D eigenvalue weighted by Gasteiger charge is 2.41. The maximum Gasteiger partial charge on any atom is 0.205 e. The van der Waals surface area contributed by atoms with Gasteiger partial charge in [0.25, 0.3) is 0 Å². The summed E-state index contributed by atoms with van der Waals surface area (Å²) in [5, 5.41) is 19.1. The monoisotopic (exact) mass is 296 g/mol. The van der Waals surface area contributed by atoms with Gasteiger partial charge in [-0.3, -0.25) is 4.57 Å². The molecular weight excluding hydrogens is 283 g/mol. The van der Waals surface area contributed by atoms with Gasteiger partial charge < -0.3 is 26.4 Å². The second-order valence-corrected chi connectivity index (χ2v) is 4.53. The fourth-order valence-electron chi connectivity index (χ4n) is 2.32. The number of aromatic nitrogens is 4. The van der Waals surface area contributed by atoms with E-state index in [1.54, 1.807) is 0 Å². The van der Waals surface area contributed by atoms with Crippen LogP contribution in [0.3, 0.4) is 0 Å². The van der Waals surface area contributed by atoms with E-state index in [0.29, 0.717) is 0 Å². The van der Waals surface area contributed by atoms with Crippen molar-refractivity contribution >= 4 is 22.9 Å². The van der Waals surface area contributed by atoms with Crippen molar-refractivity contribution in [1.82, 2.24) is 19.5 Å². The standard InChI is InChI=1S/C11H13FN6O3/c12-1-4-7(20)5(2-19)21-10(4)18-9-6(17-11(18)14)8(13)15-3-16-9/h1,3,5,7,10,19-20H,2H2,(H2,14,17)(H2,13,15,16)/b4-1-/t5-,7+,10-/m1/s1. The second-order valence-electron chi connectivity index (χ2n) is 4.53. The van der Waals surface area contributed by atoms with Crippen LogP contribution in [0.4, 0.5) is 16.2 Å². The van der Waals surface area contributed by atoms with Crippen LogP contribution in [-0.4, -0.2) is 48.5 Å². The molecule has 1 fully saturated rings. The molecule has 2 aromatic rings. The fraction of sp³-hybridized carbons (Fsp3) is 0.364. The number of rotatable bonds is 2. The van der Waals surface area contributed by atoms with Gasteiger partial charge in [-0.1, -0.05) is 0 Å². The highest BCUT2D eigenvalue weighted by Crippen LogP contribution is 2.37. The first-order valence-electron chi connectivity index (χ1n) is 6.07. The van der Waals surface area contributed by atoms with Gasteiger partial charge in [0.2, 0.25) is 5.95 Å². The Bertz CT molecular complexity index is 717. The van der Waals surface area contributed by atoms with Crippen molar-refractivity contribution in [2.75, 3.05) is 18.1 Å². The van der Waals surface area contributed by atoms with E-state index in [1.807, 2.05) is 0 Å². The molecule has 1 saturated heterocycles. The molecule has 0 aromatic carbocycles. The van der Waals surface area contributed by atoms with Crippen LogP contribution in [0.25, 0.3) is 11.2 Å². The van der Waals surface area contributed by atoms with E-state index in [9.17, 15) is 9.50 Å². The van der Waals surface area contributed by atoms with Crippen molar-refractivity contribution in [2.24, 2.45) is 0 Å². The Balaban J connectivity index is 2.17. The fourth-order valence-corrected chi connectivity index (χ4v) is 2.32. The van der Waals surface area contributed by atoms with Gasteiger partial charge in [-0.05, 0) is 0 Å². The van der Waals surface area contributed by atoms with Crippen LogP contribution >= 0.6 is 0 Å². The van der Waals surface area contributed by atoms with Gasteiger partial charge in [-0.25, -0.2) is 19.3 Å². The summed E-state index contributed by atoms with van der Waals surface area (Å²) in [5.41, 5.74) is 11.9. The number of halogens is 1. The summed E-state index contributed by atoms with van der Waals surface area (Å²) in [6, 6.07) is 0. The van der Waals surface area contributed by atoms with E-state index in [-0.39, 0.29) is 34.8 Å². The maximum atomic E-state index is 13.1. The normalized spacial score (nSPS) is 27.8. The third-order valence-corrected chi connectivity index (χ3v) is 3.36. The quantitative estimate of drug-likeness (QED) is 0.557. The molecule has 112 valence electrons. The van der Waals surface area contributed by atoms with E-state index in [0.717, 1.165) is 0 Å². The zero-order valence-corrected chi connectivity index (χ0v) is 10.7. The number of aliphatic hydroxyl groups is 2. The van der Waals surface area contributed by atoms with Crippen molar-refractivity contribution < 1.29 is 19.3 Å². The van der Waals surface area contributed by atoms with Crippen LogP contribution < -0.4 is 11.5 Å². The highest BCUT2D eigenvalue weighted by molar-refractivity contribution is 5.83. The third-order valence-electron chi connectivity index (χ3n) is 3.36. The summed E-state index contributed by atoms with van der Waals surface area (Å²) in [5.74, 6) is 0.0980. The van der Waals surface area contributed by atoms with Crippen LogP contribution in [0.5, 0.6) is 0 Å². The Labute approximate surface area is 117 Å². The smallest absolute Gasteiger partial charge is 0.205 e. The molecule has 0 radical (unpaired) electrons. The molecule has 2 aromatic heterocycles. The van der Waals surface area contributed by atoms with E-state index in [4.69, 9.17) is 21.3 Å². The lowest BCUT2D eigenvalue weighted by Gasteiger charge is -2.15. The first-order chi connectivity index (χ1) is 10.1. The van der Waals surface area contributed by atoms with Crippen LogP contribution in [0.1, 0.15) is 6.23 Å². The Morgan fingerprint density at radius 3 is 2.86 bits per heavy atom. The Morgan fingerprint density at radius 2 is 2.19 bits per heavy atom. The number of ether oxygens (including phenoxy) is 1. The summed E-state index contributed by atoms with van der Waals surface area (Å²) in [6.07, 6.45) is -1.89. The second kappa shape index (κ2) is 4.91. The minimum Gasteiger partial charge on any atom is -0.394 e.